The average Bonchev–Trinajstić information content (AvgIpc) is 3.11. The number of halogens is 1. The Labute approximate surface area is 192 Å². The Morgan fingerprint density at radius 2 is 1.91 bits per heavy atom. The number of carbonyl (C=O) groups excluding carboxylic acids is 2. The molecule has 2 aliphatic carbocycles. The average molecular weight is 449 g/mol. The second-order valence-corrected chi connectivity index (χ2v) is 9.13. The number of carbonyl (C=O) groups is 2. The fraction of sp³-hybridized carbons (Fsp3) is 0.407. The molecule has 172 valence electrons. The Hall–Kier alpha value is -3.15. The van der Waals surface area contributed by atoms with E-state index in [9.17, 15) is 14.0 Å². The van der Waals surface area contributed by atoms with Gasteiger partial charge in [-0.1, -0.05) is 24.3 Å². The molecule has 6 heteroatoms. The molecule has 1 unspecified atom stereocenters. The number of amides is 1. The van der Waals surface area contributed by atoms with Crippen LogP contribution < -0.4 is 5.32 Å². The van der Waals surface area contributed by atoms with E-state index in [0.29, 0.717) is 13.0 Å². The Balaban J connectivity index is 1.35. The molecule has 2 atom stereocenters. The first-order valence-electron chi connectivity index (χ1n) is 11.9. The highest BCUT2D eigenvalue weighted by Crippen LogP contribution is 2.33. The van der Waals surface area contributed by atoms with Crippen molar-refractivity contribution < 1.29 is 18.7 Å². The van der Waals surface area contributed by atoms with Crippen molar-refractivity contribution in [3.05, 3.63) is 70.7 Å². The zero-order valence-corrected chi connectivity index (χ0v) is 18.9. The highest BCUT2D eigenvalue weighted by molar-refractivity contribution is 5.88. The fourth-order valence-electron chi connectivity index (χ4n) is 5.50. The largest absolute Gasteiger partial charge is 0.465 e. The van der Waals surface area contributed by atoms with Crippen LogP contribution in [-0.4, -0.2) is 29.1 Å². The third-order valence-electron chi connectivity index (χ3n) is 7.09. The molecule has 5 nitrogen and oxygen atoms in total. The highest BCUT2D eigenvalue weighted by Gasteiger charge is 2.30. The van der Waals surface area contributed by atoms with Gasteiger partial charge in [0.15, 0.2) is 0 Å². The van der Waals surface area contributed by atoms with Gasteiger partial charge in [-0.15, -0.1) is 0 Å². The van der Waals surface area contributed by atoms with E-state index in [1.54, 1.807) is 13.0 Å². The van der Waals surface area contributed by atoms with Crippen molar-refractivity contribution >= 4 is 22.8 Å². The molecule has 1 heterocycles. The molecular formula is C27H29FN2O3. The smallest absolute Gasteiger partial charge is 0.325 e. The van der Waals surface area contributed by atoms with Gasteiger partial charge >= 0.3 is 5.97 Å². The number of aryl methyl sites for hydroxylation is 1. The van der Waals surface area contributed by atoms with Gasteiger partial charge in [0.25, 0.3) is 0 Å². The first kappa shape index (κ1) is 21.7. The number of esters is 1. The highest BCUT2D eigenvalue weighted by atomic mass is 19.1. The van der Waals surface area contributed by atoms with Gasteiger partial charge in [0.2, 0.25) is 5.91 Å². The quantitative estimate of drug-likeness (QED) is 0.598. The molecule has 2 aromatic carbocycles. The number of ether oxygens (including phenoxy) is 1. The molecule has 3 aromatic rings. The minimum atomic E-state index is -0.300. The maximum Gasteiger partial charge on any atom is 0.325 e. The van der Waals surface area contributed by atoms with E-state index in [4.69, 9.17) is 4.74 Å². The van der Waals surface area contributed by atoms with Gasteiger partial charge in [-0.3, -0.25) is 9.59 Å². The first-order valence-corrected chi connectivity index (χ1v) is 11.9. The zero-order valence-electron chi connectivity index (χ0n) is 18.9. The van der Waals surface area contributed by atoms with Crippen molar-refractivity contribution in [1.29, 1.82) is 0 Å². The van der Waals surface area contributed by atoms with Crippen LogP contribution in [0.4, 0.5) is 4.39 Å². The Bertz CT molecular complexity index is 1220. The summed E-state index contributed by atoms with van der Waals surface area (Å²) in [6, 6.07) is 13.1. The lowest BCUT2D eigenvalue weighted by Crippen LogP contribution is -2.43. The summed E-state index contributed by atoms with van der Waals surface area (Å²) < 4.78 is 21.2. The van der Waals surface area contributed by atoms with Gasteiger partial charge in [0, 0.05) is 28.6 Å². The predicted octanol–water partition coefficient (Wildman–Crippen LogP) is 4.12. The van der Waals surface area contributed by atoms with Crippen molar-refractivity contribution in [3.63, 3.8) is 0 Å². The lowest BCUT2D eigenvalue weighted by molar-refractivity contribution is -0.143. The van der Waals surface area contributed by atoms with Crippen molar-refractivity contribution in [2.24, 2.45) is 5.92 Å². The van der Waals surface area contributed by atoms with E-state index in [0.717, 1.165) is 54.3 Å². The molecular weight excluding hydrogens is 419 g/mol. The number of nitrogens with zero attached hydrogens (tertiary/aromatic N) is 1. The molecule has 1 aromatic heterocycles. The minimum Gasteiger partial charge on any atom is -0.465 e. The normalized spacial score (nSPS) is 19.6. The third-order valence-corrected chi connectivity index (χ3v) is 7.09. The van der Waals surface area contributed by atoms with Crippen molar-refractivity contribution in [1.82, 2.24) is 9.88 Å². The molecule has 0 saturated heterocycles. The van der Waals surface area contributed by atoms with Crippen molar-refractivity contribution in [3.8, 4) is 0 Å². The van der Waals surface area contributed by atoms with Crippen molar-refractivity contribution in [2.45, 2.75) is 58.0 Å². The molecule has 2 aliphatic rings. The molecule has 0 radical (unpaired) electrons. The number of rotatable bonds is 5. The molecule has 0 aliphatic heterocycles. The molecule has 1 N–H and O–H groups in total. The summed E-state index contributed by atoms with van der Waals surface area (Å²) in [4.78, 5) is 25.3. The van der Waals surface area contributed by atoms with Crippen LogP contribution in [0.2, 0.25) is 0 Å². The summed E-state index contributed by atoms with van der Waals surface area (Å²) in [5, 5.41) is 4.10. The van der Waals surface area contributed by atoms with Crippen LogP contribution in [-0.2, 0) is 46.6 Å². The van der Waals surface area contributed by atoms with Gasteiger partial charge in [-0.05, 0) is 80.3 Å². The zero-order chi connectivity index (χ0) is 22.9. The van der Waals surface area contributed by atoms with Crippen LogP contribution in [0.5, 0.6) is 0 Å². The number of benzene rings is 2. The number of hydrogen-bond donors (Lipinski definition) is 1. The molecule has 0 bridgehead atoms. The second-order valence-electron chi connectivity index (χ2n) is 9.13. The Morgan fingerprint density at radius 3 is 2.73 bits per heavy atom. The topological polar surface area (TPSA) is 60.3 Å². The summed E-state index contributed by atoms with van der Waals surface area (Å²) >= 11 is 0. The Kier molecular flexibility index (Phi) is 5.92. The standard InChI is InChI=1S/C27H29FN2O3/c1-2-33-26(31)16-30-24-11-9-20(28)14-22(24)23-15-21(10-12-25(23)30)29-27(32)19-8-7-17-5-3-4-6-18(17)13-19/h3-6,9,11,14,19,21H,2,7-8,10,12-13,15-16H2,1H3,(H,29,32)/t19?,21-/m0/s1. The molecule has 0 fully saturated rings. The molecule has 33 heavy (non-hydrogen) atoms. The summed E-state index contributed by atoms with van der Waals surface area (Å²) in [6.45, 7) is 2.23. The van der Waals surface area contributed by atoms with Gasteiger partial charge < -0.3 is 14.6 Å². The van der Waals surface area contributed by atoms with Gasteiger partial charge in [0.1, 0.15) is 12.4 Å². The van der Waals surface area contributed by atoms with Crippen LogP contribution in [0, 0.1) is 11.7 Å². The molecule has 1 amide bonds. The lowest BCUT2D eigenvalue weighted by Gasteiger charge is -2.29. The summed E-state index contributed by atoms with van der Waals surface area (Å²) in [6.07, 6.45) is 4.74. The Morgan fingerprint density at radius 1 is 1.09 bits per heavy atom. The van der Waals surface area contributed by atoms with Gasteiger partial charge in [0.05, 0.1) is 6.61 Å². The van der Waals surface area contributed by atoms with Crippen LogP contribution in [0.15, 0.2) is 42.5 Å². The van der Waals surface area contributed by atoms with Crippen LogP contribution in [0.1, 0.15) is 42.1 Å². The van der Waals surface area contributed by atoms with Gasteiger partial charge in [-0.2, -0.15) is 0 Å². The van der Waals surface area contributed by atoms with E-state index in [1.807, 2.05) is 10.6 Å². The van der Waals surface area contributed by atoms with E-state index in [-0.39, 0.29) is 36.2 Å². The first-order chi connectivity index (χ1) is 16.0. The van der Waals surface area contributed by atoms with Gasteiger partial charge in [-0.25, -0.2) is 4.39 Å². The number of nitrogens with one attached hydrogen (secondary N) is 1. The van der Waals surface area contributed by atoms with E-state index >= 15 is 0 Å². The van der Waals surface area contributed by atoms with Crippen LogP contribution in [0.25, 0.3) is 10.9 Å². The second kappa shape index (κ2) is 9.00. The SMILES string of the molecule is CCOC(=O)Cn1c2c(c3cc(F)ccc31)C[C@@H](NC(=O)C1CCc3ccccc3C1)CC2. The maximum atomic E-state index is 14.1. The van der Waals surface area contributed by atoms with E-state index in [2.05, 4.69) is 23.5 Å². The monoisotopic (exact) mass is 448 g/mol. The minimum absolute atomic E-state index is 0.00656. The maximum absolute atomic E-state index is 14.1. The number of fused-ring (bicyclic) bond motifs is 4. The molecule has 0 saturated carbocycles. The number of hydrogen-bond acceptors (Lipinski definition) is 3. The summed E-state index contributed by atoms with van der Waals surface area (Å²) in [5.74, 6) is -0.497. The van der Waals surface area contributed by atoms with Crippen molar-refractivity contribution in [2.75, 3.05) is 6.61 Å². The summed E-state index contributed by atoms with van der Waals surface area (Å²) in [5.41, 5.74) is 5.53. The third kappa shape index (κ3) is 4.26. The van der Waals surface area contributed by atoms with E-state index < -0.39 is 0 Å². The summed E-state index contributed by atoms with van der Waals surface area (Å²) in [7, 11) is 0. The number of aromatic nitrogens is 1. The van der Waals surface area contributed by atoms with Crippen LogP contribution in [0.3, 0.4) is 0 Å². The van der Waals surface area contributed by atoms with Crippen LogP contribution >= 0.6 is 0 Å². The lowest BCUT2D eigenvalue weighted by atomic mass is 9.83. The fourth-order valence-corrected chi connectivity index (χ4v) is 5.50. The molecule has 0 spiro atoms. The predicted molar refractivity (Wildman–Crippen MR) is 124 cm³/mol. The molecule has 5 rings (SSSR count). The van der Waals surface area contributed by atoms with E-state index in [1.165, 1.54) is 23.3 Å².